The molecule has 0 saturated heterocycles. The van der Waals surface area contributed by atoms with Crippen molar-refractivity contribution < 1.29 is 32.2 Å². The molecule has 1 heterocycles. The van der Waals surface area contributed by atoms with Gasteiger partial charge in [-0.3, -0.25) is 4.79 Å². The Morgan fingerprint density at radius 3 is 2.50 bits per heavy atom. The lowest BCUT2D eigenvalue weighted by atomic mass is 9.93. The molecule has 1 N–H and O–H groups in total. The van der Waals surface area contributed by atoms with Gasteiger partial charge in [-0.05, 0) is 38.5 Å². The van der Waals surface area contributed by atoms with Gasteiger partial charge in [0.1, 0.15) is 25.9 Å². The molecule has 1 aliphatic heterocycles. The Bertz CT molecular complexity index is 601. The first-order valence-corrected chi connectivity index (χ1v) is 7.49. The highest BCUT2D eigenvalue weighted by atomic mass is 19.4. The fraction of sp³-hybridized carbons (Fsp3) is 0.562. The molecule has 0 radical (unpaired) electrons. The van der Waals surface area contributed by atoms with Gasteiger partial charge in [0.05, 0.1) is 5.54 Å². The maximum absolute atomic E-state index is 12.2. The molecule has 0 aromatic heterocycles. The van der Waals surface area contributed by atoms with Crippen LogP contribution in [0.15, 0.2) is 18.2 Å². The van der Waals surface area contributed by atoms with E-state index in [0.29, 0.717) is 24.7 Å². The second-order valence-corrected chi connectivity index (χ2v) is 6.04. The van der Waals surface area contributed by atoms with Crippen molar-refractivity contribution in [3.8, 4) is 11.5 Å². The van der Waals surface area contributed by atoms with Gasteiger partial charge in [-0.2, -0.15) is 13.2 Å². The van der Waals surface area contributed by atoms with Gasteiger partial charge >= 0.3 is 6.18 Å². The highest BCUT2D eigenvalue weighted by Crippen LogP contribution is 2.34. The zero-order chi connectivity index (χ0) is 18.0. The lowest BCUT2D eigenvalue weighted by molar-refractivity contribution is -0.186. The van der Waals surface area contributed by atoms with E-state index in [1.54, 1.807) is 32.0 Å². The van der Waals surface area contributed by atoms with E-state index >= 15 is 0 Å². The van der Waals surface area contributed by atoms with Gasteiger partial charge in [-0.15, -0.1) is 0 Å². The second kappa shape index (κ2) is 6.88. The van der Waals surface area contributed by atoms with Crippen LogP contribution in [-0.4, -0.2) is 38.0 Å². The Morgan fingerprint density at radius 1 is 1.25 bits per heavy atom. The number of benzene rings is 1. The third kappa shape index (κ3) is 4.77. The summed E-state index contributed by atoms with van der Waals surface area (Å²) in [4.78, 5) is 12.1. The molecule has 0 fully saturated rings. The fourth-order valence-corrected chi connectivity index (χ4v) is 2.21. The summed E-state index contributed by atoms with van der Waals surface area (Å²) in [5.74, 6) is 0.565. The number of hydrogen-bond acceptors (Lipinski definition) is 4. The Hall–Kier alpha value is -1.96. The molecule has 2 rings (SSSR count). The topological polar surface area (TPSA) is 56.8 Å². The van der Waals surface area contributed by atoms with Crippen molar-refractivity contribution in [2.24, 2.45) is 0 Å². The molecule has 1 aromatic carbocycles. The van der Waals surface area contributed by atoms with Crippen LogP contribution in [0.5, 0.6) is 11.5 Å². The molecular formula is C16H20F3NO4. The molecule has 0 saturated carbocycles. The van der Waals surface area contributed by atoms with Crippen LogP contribution in [0, 0.1) is 0 Å². The van der Waals surface area contributed by atoms with E-state index in [0.717, 1.165) is 5.56 Å². The third-order valence-corrected chi connectivity index (χ3v) is 3.57. The number of hydrogen-bond donors (Lipinski definition) is 1. The molecule has 1 aliphatic rings. The maximum atomic E-state index is 12.2. The van der Waals surface area contributed by atoms with Crippen LogP contribution >= 0.6 is 0 Å². The first-order valence-electron chi connectivity index (χ1n) is 7.49. The predicted molar refractivity (Wildman–Crippen MR) is 80.1 cm³/mol. The standard InChI is InChI=1S/C16H20F3NO4/c1-10(24-9-16(17,18)19)14(21)20-15(2,3)11-4-5-12-13(8-11)23-7-6-22-12/h4-5,8,10H,6-7,9H2,1-3H3,(H,20,21)/t10-/m1/s1. The molecule has 0 aliphatic carbocycles. The monoisotopic (exact) mass is 347 g/mol. The number of halogens is 3. The van der Waals surface area contributed by atoms with Crippen LogP contribution in [0.4, 0.5) is 13.2 Å². The van der Waals surface area contributed by atoms with Gasteiger partial charge in [-0.1, -0.05) is 6.07 Å². The SMILES string of the molecule is C[C@@H](OCC(F)(F)F)C(=O)NC(C)(C)c1ccc2c(c1)OCCO2. The minimum absolute atomic E-state index is 0.436. The molecule has 0 bridgehead atoms. The Kier molecular flexibility index (Phi) is 5.27. The molecule has 0 unspecified atom stereocenters. The zero-order valence-corrected chi connectivity index (χ0v) is 13.7. The molecule has 5 nitrogen and oxygen atoms in total. The van der Waals surface area contributed by atoms with Crippen LogP contribution in [0.25, 0.3) is 0 Å². The van der Waals surface area contributed by atoms with E-state index in [-0.39, 0.29) is 0 Å². The molecule has 1 amide bonds. The molecule has 0 spiro atoms. The Labute approximate surface area is 138 Å². The number of ether oxygens (including phenoxy) is 3. The van der Waals surface area contributed by atoms with Crippen LogP contribution in [-0.2, 0) is 15.1 Å². The first kappa shape index (κ1) is 18.4. The van der Waals surface area contributed by atoms with Crippen LogP contribution in [0.3, 0.4) is 0 Å². The Balaban J connectivity index is 2.03. The summed E-state index contributed by atoms with van der Waals surface area (Å²) >= 11 is 0. The van der Waals surface area contributed by atoms with Gasteiger partial charge in [-0.25, -0.2) is 0 Å². The summed E-state index contributed by atoms with van der Waals surface area (Å²) in [6, 6.07) is 5.26. The predicted octanol–water partition coefficient (Wildman–Crippen LogP) is 2.78. The average molecular weight is 347 g/mol. The van der Waals surface area contributed by atoms with Crippen molar-refractivity contribution in [3.63, 3.8) is 0 Å². The summed E-state index contributed by atoms with van der Waals surface area (Å²) < 4.78 is 52.0. The van der Waals surface area contributed by atoms with Crippen LogP contribution in [0.1, 0.15) is 26.3 Å². The number of carbonyl (C=O) groups excluding carboxylic acids is 1. The Morgan fingerprint density at radius 2 is 1.88 bits per heavy atom. The summed E-state index contributed by atoms with van der Waals surface area (Å²) in [7, 11) is 0. The second-order valence-electron chi connectivity index (χ2n) is 6.04. The summed E-state index contributed by atoms with van der Waals surface area (Å²) in [6.07, 6.45) is -5.69. The van der Waals surface area contributed by atoms with E-state index in [9.17, 15) is 18.0 Å². The quantitative estimate of drug-likeness (QED) is 0.890. The number of nitrogens with one attached hydrogen (secondary N) is 1. The summed E-state index contributed by atoms with van der Waals surface area (Å²) in [5.41, 5.74) is -0.0777. The summed E-state index contributed by atoms with van der Waals surface area (Å²) in [5, 5.41) is 2.69. The van der Waals surface area contributed by atoms with E-state index < -0.39 is 30.3 Å². The van der Waals surface area contributed by atoms with E-state index in [1.807, 2.05) is 0 Å². The van der Waals surface area contributed by atoms with Gasteiger partial charge in [0.15, 0.2) is 11.5 Å². The molecule has 8 heteroatoms. The largest absolute Gasteiger partial charge is 0.486 e. The van der Waals surface area contributed by atoms with Crippen molar-refractivity contribution in [1.29, 1.82) is 0 Å². The van der Waals surface area contributed by atoms with Crippen molar-refractivity contribution in [2.45, 2.75) is 38.6 Å². The van der Waals surface area contributed by atoms with Gasteiger partial charge in [0.2, 0.25) is 5.91 Å². The highest BCUT2D eigenvalue weighted by molar-refractivity contribution is 5.81. The van der Waals surface area contributed by atoms with E-state index in [1.165, 1.54) is 6.92 Å². The highest BCUT2D eigenvalue weighted by Gasteiger charge is 2.32. The number of alkyl halides is 3. The van der Waals surface area contributed by atoms with Crippen molar-refractivity contribution in [2.75, 3.05) is 19.8 Å². The molecule has 1 aromatic rings. The molecule has 134 valence electrons. The minimum Gasteiger partial charge on any atom is -0.486 e. The smallest absolute Gasteiger partial charge is 0.411 e. The fourth-order valence-electron chi connectivity index (χ4n) is 2.21. The lowest BCUT2D eigenvalue weighted by Gasteiger charge is -2.30. The van der Waals surface area contributed by atoms with E-state index in [2.05, 4.69) is 10.1 Å². The van der Waals surface area contributed by atoms with Crippen LogP contribution < -0.4 is 14.8 Å². The number of amides is 1. The number of rotatable bonds is 5. The van der Waals surface area contributed by atoms with Crippen molar-refractivity contribution in [1.82, 2.24) is 5.32 Å². The number of fused-ring (bicyclic) bond motifs is 1. The van der Waals surface area contributed by atoms with Gasteiger partial charge < -0.3 is 19.5 Å². The maximum Gasteiger partial charge on any atom is 0.411 e. The van der Waals surface area contributed by atoms with Crippen molar-refractivity contribution in [3.05, 3.63) is 23.8 Å². The molecule has 24 heavy (non-hydrogen) atoms. The number of carbonyl (C=O) groups is 1. The van der Waals surface area contributed by atoms with Crippen LogP contribution in [0.2, 0.25) is 0 Å². The van der Waals surface area contributed by atoms with Gasteiger partial charge in [0, 0.05) is 0 Å². The van der Waals surface area contributed by atoms with Gasteiger partial charge in [0.25, 0.3) is 0 Å². The normalized spacial score (nSPS) is 15.8. The molecule has 1 atom stereocenters. The average Bonchev–Trinajstić information content (AvgIpc) is 2.51. The van der Waals surface area contributed by atoms with Crippen molar-refractivity contribution >= 4 is 5.91 Å². The van der Waals surface area contributed by atoms with E-state index in [4.69, 9.17) is 9.47 Å². The zero-order valence-electron chi connectivity index (χ0n) is 13.7. The third-order valence-electron chi connectivity index (χ3n) is 3.57. The lowest BCUT2D eigenvalue weighted by Crippen LogP contribution is -2.46. The minimum atomic E-state index is -4.47. The first-order chi connectivity index (χ1) is 11.1. The molecular weight excluding hydrogens is 327 g/mol. The summed E-state index contributed by atoms with van der Waals surface area (Å²) in [6.45, 7) is 4.21.